The number of amides is 1. The van der Waals surface area contributed by atoms with E-state index in [9.17, 15) is 14.3 Å². The Morgan fingerprint density at radius 2 is 1.63 bits per heavy atom. The molecule has 0 saturated carbocycles. The fraction of sp³-hybridized carbons (Fsp3) is 0.225. The summed E-state index contributed by atoms with van der Waals surface area (Å²) in [5.41, 5.74) is 5.73. The number of rotatable bonds is 11. The van der Waals surface area contributed by atoms with Crippen LogP contribution in [0.5, 0.6) is 11.5 Å². The van der Waals surface area contributed by atoms with Crippen LogP contribution in [0.25, 0.3) is 22.3 Å². The number of aromatic hydroxyl groups is 1. The number of piperazine rings is 1. The number of nitrogens with one attached hydrogen (secondary N) is 2. The summed E-state index contributed by atoms with van der Waals surface area (Å²) in [6, 6.07) is 26.0. The van der Waals surface area contributed by atoms with E-state index in [1.807, 2.05) is 67.8 Å². The summed E-state index contributed by atoms with van der Waals surface area (Å²) in [6.45, 7) is 6.33. The molecule has 3 heterocycles. The number of aromatic nitrogens is 3. The highest BCUT2D eigenvalue weighted by Gasteiger charge is 2.24. The second-order valence-corrected chi connectivity index (χ2v) is 12.6. The number of H-pyrrole nitrogens is 1. The Morgan fingerprint density at radius 3 is 2.35 bits per heavy atom. The van der Waals surface area contributed by atoms with Gasteiger partial charge in [-0.05, 0) is 90.7 Å². The third-order valence-electron chi connectivity index (χ3n) is 9.08. The smallest absolute Gasteiger partial charge is 0.252 e. The molecule has 0 spiro atoms. The van der Waals surface area contributed by atoms with Gasteiger partial charge >= 0.3 is 0 Å². The molecule has 1 aliphatic heterocycles. The Labute approximate surface area is 295 Å². The number of carbonyl (C=O) groups is 1. The largest absolute Gasteiger partial charge is 0.508 e. The van der Waals surface area contributed by atoms with E-state index in [0.717, 1.165) is 59.8 Å². The lowest BCUT2D eigenvalue weighted by Crippen LogP contribution is -2.46. The number of benzene rings is 4. The van der Waals surface area contributed by atoms with Gasteiger partial charge in [-0.1, -0.05) is 18.2 Å². The summed E-state index contributed by atoms with van der Waals surface area (Å²) in [7, 11) is 1.66. The SMILES string of the molecule is COCCOc1ccc(N2CCN(c3cnc(-c4cc(C)cc(C(=O)N[C@@H](c5cc6ccccc6[nH]5)c5cc(F)ccc5O)c4)nc3)CC2)cc1. The predicted octanol–water partition coefficient (Wildman–Crippen LogP) is 6.65. The summed E-state index contributed by atoms with van der Waals surface area (Å²) < 4.78 is 25.1. The van der Waals surface area contributed by atoms with E-state index in [-0.39, 0.29) is 11.3 Å². The van der Waals surface area contributed by atoms with Crippen LogP contribution in [-0.4, -0.2) is 72.5 Å². The number of ether oxygens (including phenoxy) is 2. The van der Waals surface area contributed by atoms with Gasteiger partial charge in [0, 0.05) is 66.9 Å². The van der Waals surface area contributed by atoms with Crippen LogP contribution < -0.4 is 19.9 Å². The van der Waals surface area contributed by atoms with Crippen molar-refractivity contribution in [1.82, 2.24) is 20.3 Å². The maximum Gasteiger partial charge on any atom is 0.252 e. The molecule has 260 valence electrons. The zero-order valence-electron chi connectivity index (χ0n) is 28.5. The van der Waals surface area contributed by atoms with Gasteiger partial charge in [-0.25, -0.2) is 14.4 Å². The van der Waals surface area contributed by atoms with Gasteiger partial charge < -0.3 is 34.7 Å². The number of methoxy groups -OCH3 is 1. The molecule has 51 heavy (non-hydrogen) atoms. The molecule has 0 aliphatic carbocycles. The van der Waals surface area contributed by atoms with Crippen molar-refractivity contribution in [3.05, 3.63) is 132 Å². The average molecular weight is 687 g/mol. The Balaban J connectivity index is 1.05. The molecule has 0 bridgehead atoms. The van der Waals surface area contributed by atoms with Gasteiger partial charge in [0.05, 0.1) is 30.7 Å². The van der Waals surface area contributed by atoms with Crippen molar-refractivity contribution in [2.45, 2.75) is 13.0 Å². The van der Waals surface area contributed by atoms with Crippen LogP contribution in [0.1, 0.15) is 33.2 Å². The Kier molecular flexibility index (Phi) is 9.80. The maximum atomic E-state index is 14.4. The van der Waals surface area contributed by atoms with E-state index in [2.05, 4.69) is 42.2 Å². The molecule has 1 amide bonds. The third-order valence-corrected chi connectivity index (χ3v) is 9.08. The predicted molar refractivity (Wildman–Crippen MR) is 196 cm³/mol. The first kappa shape index (κ1) is 33.6. The van der Waals surface area contributed by atoms with Crippen LogP contribution in [0.15, 0.2) is 103 Å². The van der Waals surface area contributed by atoms with Crippen LogP contribution in [0.2, 0.25) is 0 Å². The summed E-state index contributed by atoms with van der Waals surface area (Å²) >= 11 is 0. The lowest BCUT2D eigenvalue weighted by atomic mass is 10.0. The van der Waals surface area contributed by atoms with Gasteiger partial charge in [0.2, 0.25) is 0 Å². The minimum atomic E-state index is -0.847. The standard InChI is InChI=1S/C40H39FN6O4/c1-26-19-28(39-42-24-32(25-43-39)47-15-13-46(14-16-47)31-8-10-33(11-9-31)51-18-17-50-2)21-29(20-26)40(49)45-38(34-23-30(41)7-12-37(34)48)36-22-27-5-3-4-6-35(27)44-36/h3-12,19-25,38,44,48H,13-18H2,1-2H3,(H,45,49)/t38-/m1/s1. The van der Waals surface area contributed by atoms with E-state index >= 15 is 0 Å². The van der Waals surface area contributed by atoms with Crippen molar-refractivity contribution in [2.75, 3.05) is 56.3 Å². The highest BCUT2D eigenvalue weighted by atomic mass is 19.1. The number of para-hydroxylation sites is 1. The van der Waals surface area contributed by atoms with Crippen molar-refractivity contribution in [2.24, 2.45) is 0 Å². The molecular formula is C40H39FN6O4. The van der Waals surface area contributed by atoms with Gasteiger partial charge in [-0.3, -0.25) is 4.79 Å². The van der Waals surface area contributed by atoms with Crippen molar-refractivity contribution in [3.8, 4) is 22.9 Å². The normalized spacial score (nSPS) is 13.7. The van der Waals surface area contributed by atoms with Crippen molar-refractivity contribution < 1.29 is 23.8 Å². The molecule has 2 aromatic heterocycles. The monoisotopic (exact) mass is 686 g/mol. The molecule has 3 N–H and O–H groups in total. The van der Waals surface area contributed by atoms with Crippen LogP contribution >= 0.6 is 0 Å². The second kappa shape index (κ2) is 14.9. The maximum absolute atomic E-state index is 14.4. The summed E-state index contributed by atoms with van der Waals surface area (Å²) in [4.78, 5) is 31.1. The number of carbonyl (C=O) groups excluding carboxylic acids is 1. The van der Waals surface area contributed by atoms with Crippen LogP contribution in [0.4, 0.5) is 15.8 Å². The average Bonchev–Trinajstić information content (AvgIpc) is 3.59. The minimum Gasteiger partial charge on any atom is -0.508 e. The van der Waals surface area contributed by atoms with Gasteiger partial charge in [-0.15, -0.1) is 0 Å². The first-order valence-corrected chi connectivity index (χ1v) is 16.9. The number of halogens is 1. The number of anilines is 2. The van der Waals surface area contributed by atoms with Crippen LogP contribution in [0.3, 0.4) is 0 Å². The number of aromatic amines is 1. The number of nitrogens with zero attached hydrogens (tertiary/aromatic N) is 4. The minimum absolute atomic E-state index is 0.127. The molecule has 0 radical (unpaired) electrons. The Morgan fingerprint density at radius 1 is 0.902 bits per heavy atom. The van der Waals surface area contributed by atoms with Crippen LogP contribution in [0, 0.1) is 12.7 Å². The lowest BCUT2D eigenvalue weighted by molar-refractivity contribution is 0.0942. The topological polar surface area (TPSA) is 116 Å². The summed E-state index contributed by atoms with van der Waals surface area (Å²) in [6.07, 6.45) is 3.65. The Bertz CT molecular complexity index is 2100. The number of fused-ring (bicyclic) bond motifs is 1. The van der Waals surface area contributed by atoms with Gasteiger partial charge in [0.15, 0.2) is 5.82 Å². The molecule has 0 unspecified atom stereocenters. The number of phenols is 1. The Hall–Kier alpha value is -5.94. The van der Waals surface area contributed by atoms with E-state index in [1.54, 1.807) is 19.2 Å². The first-order valence-electron chi connectivity index (χ1n) is 16.9. The highest BCUT2D eigenvalue weighted by molar-refractivity contribution is 5.96. The fourth-order valence-corrected chi connectivity index (χ4v) is 6.44. The molecular weight excluding hydrogens is 647 g/mol. The quantitative estimate of drug-likeness (QED) is 0.130. The molecule has 4 aromatic carbocycles. The zero-order chi connectivity index (χ0) is 35.3. The molecule has 1 atom stereocenters. The van der Waals surface area contributed by atoms with Crippen LogP contribution in [-0.2, 0) is 4.74 Å². The molecule has 1 aliphatic rings. The lowest BCUT2D eigenvalue weighted by Gasteiger charge is -2.37. The van der Waals surface area contributed by atoms with E-state index in [0.29, 0.717) is 35.9 Å². The fourth-order valence-electron chi connectivity index (χ4n) is 6.44. The third kappa shape index (κ3) is 7.63. The van der Waals surface area contributed by atoms with E-state index in [4.69, 9.17) is 9.47 Å². The van der Waals surface area contributed by atoms with Gasteiger partial charge in [0.1, 0.15) is 23.9 Å². The van der Waals surface area contributed by atoms with Gasteiger partial charge in [-0.2, -0.15) is 0 Å². The number of aryl methyl sites for hydroxylation is 1. The molecule has 11 heteroatoms. The summed E-state index contributed by atoms with van der Waals surface area (Å²) in [5.74, 6) is 0.284. The zero-order valence-corrected chi connectivity index (χ0v) is 28.5. The first-order chi connectivity index (χ1) is 24.8. The van der Waals surface area contributed by atoms with Crippen molar-refractivity contribution in [1.29, 1.82) is 0 Å². The highest BCUT2D eigenvalue weighted by Crippen LogP contribution is 2.32. The molecule has 6 aromatic rings. The van der Waals surface area contributed by atoms with Crippen molar-refractivity contribution in [3.63, 3.8) is 0 Å². The molecule has 1 saturated heterocycles. The van der Waals surface area contributed by atoms with E-state index in [1.165, 1.54) is 18.2 Å². The number of phenolic OH excluding ortho intramolecular Hbond substituents is 1. The second-order valence-electron chi connectivity index (χ2n) is 12.6. The van der Waals surface area contributed by atoms with Crippen molar-refractivity contribution >= 4 is 28.2 Å². The number of hydrogen-bond donors (Lipinski definition) is 3. The number of hydrogen-bond acceptors (Lipinski definition) is 8. The molecule has 10 nitrogen and oxygen atoms in total. The van der Waals surface area contributed by atoms with Gasteiger partial charge in [0.25, 0.3) is 5.91 Å². The van der Waals surface area contributed by atoms with E-state index < -0.39 is 17.8 Å². The molecule has 1 fully saturated rings. The summed E-state index contributed by atoms with van der Waals surface area (Å²) in [5, 5.41) is 14.7. The molecule has 7 rings (SSSR count).